The van der Waals surface area contributed by atoms with Crippen molar-refractivity contribution in [3.63, 3.8) is 0 Å². The molecule has 0 aliphatic carbocycles. The van der Waals surface area contributed by atoms with Crippen molar-refractivity contribution in [2.75, 3.05) is 40.3 Å². The Morgan fingerprint density at radius 2 is 2.14 bits per heavy atom. The fourth-order valence-corrected chi connectivity index (χ4v) is 1.63. The van der Waals surface area contributed by atoms with Gasteiger partial charge in [-0.1, -0.05) is 6.92 Å². The Morgan fingerprint density at radius 3 is 2.64 bits per heavy atom. The summed E-state index contributed by atoms with van der Waals surface area (Å²) in [7, 11) is 4.11. The van der Waals surface area contributed by atoms with Crippen molar-refractivity contribution in [3.05, 3.63) is 0 Å². The Bertz CT molecular complexity index is 189. The van der Waals surface area contributed by atoms with Crippen LogP contribution in [0.3, 0.4) is 0 Å². The molecule has 1 saturated heterocycles. The summed E-state index contributed by atoms with van der Waals surface area (Å²) in [5.41, 5.74) is 0. The Labute approximate surface area is 85.8 Å². The summed E-state index contributed by atoms with van der Waals surface area (Å²) < 4.78 is 5.02. The minimum atomic E-state index is -0.151. The fraction of sp³-hybridized carbons (Fsp3) is 0.900. The topological polar surface area (TPSA) is 32.8 Å². The van der Waals surface area contributed by atoms with Crippen LogP contribution >= 0.6 is 0 Å². The fourth-order valence-electron chi connectivity index (χ4n) is 1.63. The average Bonchev–Trinajstić information content (AvgIpc) is 2.06. The third-order valence-corrected chi connectivity index (χ3v) is 2.27. The number of amides is 1. The number of ether oxygens (including phenoxy) is 1. The smallest absolute Gasteiger partial charge is 0.409 e. The highest BCUT2D eigenvalue weighted by Crippen LogP contribution is 2.16. The Morgan fingerprint density at radius 1 is 1.50 bits per heavy atom. The first-order valence-corrected chi connectivity index (χ1v) is 5.20. The molecule has 4 nitrogen and oxygen atoms in total. The quantitative estimate of drug-likeness (QED) is 0.679. The van der Waals surface area contributed by atoms with Crippen molar-refractivity contribution in [3.8, 4) is 0 Å². The van der Waals surface area contributed by atoms with E-state index in [1.165, 1.54) is 0 Å². The van der Waals surface area contributed by atoms with Gasteiger partial charge in [-0.05, 0) is 20.5 Å². The predicted octanol–water partition coefficient (Wildman–Crippen LogP) is 1.03. The third kappa shape index (κ3) is 3.18. The van der Waals surface area contributed by atoms with Crippen LogP contribution in [0.1, 0.15) is 13.3 Å². The lowest BCUT2D eigenvalue weighted by Crippen LogP contribution is -2.53. The molecule has 0 aromatic rings. The molecule has 0 aromatic heterocycles. The number of carbonyl (C=O) groups is 1. The van der Waals surface area contributed by atoms with Crippen LogP contribution in [-0.2, 0) is 4.74 Å². The number of hydrogen-bond donors (Lipinski definition) is 0. The van der Waals surface area contributed by atoms with Gasteiger partial charge >= 0.3 is 6.09 Å². The van der Waals surface area contributed by atoms with Gasteiger partial charge in [0.15, 0.2) is 0 Å². The Hall–Kier alpha value is -0.770. The maximum absolute atomic E-state index is 11.3. The van der Waals surface area contributed by atoms with Crippen molar-refractivity contribution in [1.82, 2.24) is 9.80 Å². The van der Waals surface area contributed by atoms with E-state index in [9.17, 15) is 4.79 Å². The van der Waals surface area contributed by atoms with E-state index in [0.717, 1.165) is 26.1 Å². The van der Waals surface area contributed by atoms with Gasteiger partial charge in [0.05, 0.1) is 6.61 Å². The molecule has 0 N–H and O–H groups in total. The molecule has 14 heavy (non-hydrogen) atoms. The maximum atomic E-state index is 11.3. The molecule has 82 valence electrons. The van der Waals surface area contributed by atoms with Gasteiger partial charge in [0, 0.05) is 25.6 Å². The van der Waals surface area contributed by atoms with E-state index in [1.807, 2.05) is 6.92 Å². The molecule has 0 atom stereocenters. The Balaban J connectivity index is 2.11. The minimum Gasteiger partial charge on any atom is -0.449 e. The van der Waals surface area contributed by atoms with E-state index < -0.39 is 0 Å². The zero-order valence-corrected chi connectivity index (χ0v) is 9.32. The second-order valence-corrected chi connectivity index (χ2v) is 4.15. The average molecular weight is 200 g/mol. The summed E-state index contributed by atoms with van der Waals surface area (Å²) in [5, 5.41) is 0. The Kier molecular flexibility index (Phi) is 4.20. The van der Waals surface area contributed by atoms with E-state index in [4.69, 9.17) is 4.74 Å². The number of hydrogen-bond acceptors (Lipinski definition) is 3. The van der Waals surface area contributed by atoms with Crippen molar-refractivity contribution < 1.29 is 9.53 Å². The van der Waals surface area contributed by atoms with Gasteiger partial charge in [0.2, 0.25) is 0 Å². The van der Waals surface area contributed by atoms with Gasteiger partial charge in [-0.2, -0.15) is 0 Å². The largest absolute Gasteiger partial charge is 0.449 e. The summed E-state index contributed by atoms with van der Waals surface area (Å²) in [6, 6.07) is 0. The second-order valence-electron chi connectivity index (χ2n) is 4.15. The van der Waals surface area contributed by atoms with Crippen molar-refractivity contribution in [2.45, 2.75) is 13.3 Å². The molecular weight excluding hydrogens is 180 g/mol. The molecular formula is C10H20N2O2. The number of rotatable bonds is 4. The summed E-state index contributed by atoms with van der Waals surface area (Å²) in [6.45, 7) is 5.28. The minimum absolute atomic E-state index is 0.151. The highest BCUT2D eigenvalue weighted by atomic mass is 16.6. The molecule has 1 amide bonds. The molecule has 1 aliphatic rings. The van der Waals surface area contributed by atoms with Crippen LogP contribution in [0.4, 0.5) is 4.79 Å². The molecule has 0 saturated carbocycles. The van der Waals surface area contributed by atoms with Gasteiger partial charge in [-0.25, -0.2) is 4.79 Å². The maximum Gasteiger partial charge on any atom is 0.409 e. The molecule has 4 heteroatoms. The summed E-state index contributed by atoms with van der Waals surface area (Å²) >= 11 is 0. The second kappa shape index (κ2) is 5.20. The van der Waals surface area contributed by atoms with Crippen molar-refractivity contribution >= 4 is 6.09 Å². The normalized spacial score (nSPS) is 17.0. The van der Waals surface area contributed by atoms with Gasteiger partial charge in [-0.15, -0.1) is 0 Å². The molecule has 0 spiro atoms. The lowest BCUT2D eigenvalue weighted by Gasteiger charge is -2.39. The first-order valence-electron chi connectivity index (χ1n) is 5.20. The molecule has 0 unspecified atom stereocenters. The lowest BCUT2D eigenvalue weighted by molar-refractivity contribution is 0.0461. The van der Waals surface area contributed by atoms with Crippen LogP contribution in [0.25, 0.3) is 0 Å². The highest BCUT2D eigenvalue weighted by molar-refractivity contribution is 5.68. The standard InChI is InChI=1S/C10H20N2O2/c1-4-5-14-10(13)12-7-9(8-12)6-11(2)3/h9H,4-8H2,1-3H3. The summed E-state index contributed by atoms with van der Waals surface area (Å²) in [5.74, 6) is 0.624. The van der Waals surface area contributed by atoms with Crippen LogP contribution in [0, 0.1) is 5.92 Å². The van der Waals surface area contributed by atoms with Crippen molar-refractivity contribution in [1.29, 1.82) is 0 Å². The number of carbonyl (C=O) groups excluding carboxylic acids is 1. The predicted molar refractivity (Wildman–Crippen MR) is 55.3 cm³/mol. The van der Waals surface area contributed by atoms with E-state index in [2.05, 4.69) is 19.0 Å². The van der Waals surface area contributed by atoms with Crippen LogP contribution in [-0.4, -0.2) is 56.2 Å². The highest BCUT2D eigenvalue weighted by Gasteiger charge is 2.31. The van der Waals surface area contributed by atoms with Gasteiger partial charge < -0.3 is 14.5 Å². The van der Waals surface area contributed by atoms with E-state index in [-0.39, 0.29) is 6.09 Å². The van der Waals surface area contributed by atoms with E-state index in [1.54, 1.807) is 4.90 Å². The van der Waals surface area contributed by atoms with Crippen LogP contribution < -0.4 is 0 Å². The first-order chi connectivity index (χ1) is 6.63. The first kappa shape index (κ1) is 11.3. The van der Waals surface area contributed by atoms with Crippen LogP contribution in [0.2, 0.25) is 0 Å². The van der Waals surface area contributed by atoms with Crippen molar-refractivity contribution in [2.24, 2.45) is 5.92 Å². The monoisotopic (exact) mass is 200 g/mol. The SMILES string of the molecule is CCCOC(=O)N1CC(CN(C)C)C1. The summed E-state index contributed by atoms with van der Waals surface area (Å²) in [4.78, 5) is 15.2. The van der Waals surface area contributed by atoms with E-state index in [0.29, 0.717) is 12.5 Å². The van der Waals surface area contributed by atoms with Crippen LogP contribution in [0.15, 0.2) is 0 Å². The molecule has 1 aliphatic heterocycles. The molecule has 1 rings (SSSR count). The van der Waals surface area contributed by atoms with Gasteiger partial charge in [0.1, 0.15) is 0 Å². The molecule has 0 bridgehead atoms. The zero-order valence-electron chi connectivity index (χ0n) is 9.32. The molecule has 0 radical (unpaired) electrons. The number of likely N-dealkylation sites (tertiary alicyclic amines) is 1. The summed E-state index contributed by atoms with van der Waals surface area (Å²) in [6.07, 6.45) is 0.739. The third-order valence-electron chi connectivity index (χ3n) is 2.27. The van der Waals surface area contributed by atoms with Gasteiger partial charge in [-0.3, -0.25) is 0 Å². The lowest BCUT2D eigenvalue weighted by atomic mass is 10.0. The van der Waals surface area contributed by atoms with E-state index >= 15 is 0 Å². The number of nitrogens with zero attached hydrogens (tertiary/aromatic N) is 2. The molecule has 1 heterocycles. The van der Waals surface area contributed by atoms with Gasteiger partial charge in [0.25, 0.3) is 0 Å². The zero-order chi connectivity index (χ0) is 10.6. The molecule has 1 fully saturated rings. The van der Waals surface area contributed by atoms with Crippen LogP contribution in [0.5, 0.6) is 0 Å². The molecule has 0 aromatic carbocycles.